The summed E-state index contributed by atoms with van der Waals surface area (Å²) in [5.41, 5.74) is 0.715. The van der Waals surface area contributed by atoms with E-state index < -0.39 is 0 Å². The molecule has 0 bridgehead atoms. The number of nitrogens with zero attached hydrogens (tertiary/aromatic N) is 2. The highest BCUT2D eigenvalue weighted by atomic mass is 35.5. The Morgan fingerprint density at radius 2 is 1.95 bits per heavy atom. The fourth-order valence-corrected chi connectivity index (χ4v) is 2.71. The van der Waals surface area contributed by atoms with E-state index in [0.29, 0.717) is 15.2 Å². The fourth-order valence-electron chi connectivity index (χ4n) is 1.58. The topological polar surface area (TPSA) is 54.9 Å². The van der Waals surface area contributed by atoms with Gasteiger partial charge in [0.15, 0.2) is 0 Å². The van der Waals surface area contributed by atoms with Gasteiger partial charge in [-0.25, -0.2) is 0 Å². The maximum absolute atomic E-state index is 12.0. The van der Waals surface area contributed by atoms with Crippen LogP contribution in [0.5, 0.6) is 0 Å². The predicted molar refractivity (Wildman–Crippen MR) is 87.4 cm³/mol. The van der Waals surface area contributed by atoms with Gasteiger partial charge in [0, 0.05) is 5.41 Å². The van der Waals surface area contributed by atoms with E-state index in [1.807, 2.05) is 0 Å². The minimum absolute atomic E-state index is 0.0790. The molecule has 0 aliphatic carbocycles. The van der Waals surface area contributed by atoms with Crippen molar-refractivity contribution in [3.63, 3.8) is 0 Å². The average molecular weight is 344 g/mol. The van der Waals surface area contributed by atoms with Crippen molar-refractivity contribution in [2.24, 2.45) is 0 Å². The molecule has 1 heterocycles. The summed E-state index contributed by atoms with van der Waals surface area (Å²) in [7, 11) is 0. The van der Waals surface area contributed by atoms with Gasteiger partial charge < -0.3 is 5.32 Å². The minimum Gasteiger partial charge on any atom is -0.300 e. The van der Waals surface area contributed by atoms with E-state index in [9.17, 15) is 4.79 Å². The monoisotopic (exact) mass is 343 g/mol. The summed E-state index contributed by atoms with van der Waals surface area (Å²) in [5.74, 6) is -0.162. The maximum atomic E-state index is 12.0. The Bertz CT molecular complexity index is 664. The number of carbonyl (C=O) groups is 1. The Kier molecular flexibility index (Phi) is 4.86. The molecule has 4 nitrogen and oxygen atoms in total. The van der Waals surface area contributed by atoms with Crippen LogP contribution in [0.3, 0.4) is 0 Å². The number of carbonyl (C=O) groups excluding carboxylic acids is 1. The van der Waals surface area contributed by atoms with Gasteiger partial charge in [-0.15, -0.1) is 10.2 Å². The number of nitrogens with one attached hydrogen (secondary N) is 1. The minimum atomic E-state index is -0.162. The molecule has 7 heteroatoms. The second-order valence-electron chi connectivity index (χ2n) is 5.64. The number of halogens is 2. The highest BCUT2D eigenvalue weighted by Crippen LogP contribution is 2.28. The van der Waals surface area contributed by atoms with Gasteiger partial charge in [-0.2, -0.15) is 0 Å². The van der Waals surface area contributed by atoms with E-state index in [1.165, 1.54) is 11.3 Å². The molecule has 1 N–H and O–H groups in total. The van der Waals surface area contributed by atoms with Gasteiger partial charge >= 0.3 is 0 Å². The normalized spacial score (nSPS) is 11.5. The third-order valence-corrected chi connectivity index (χ3v) is 4.67. The molecule has 112 valence electrons. The molecule has 0 fully saturated rings. The van der Waals surface area contributed by atoms with E-state index in [2.05, 4.69) is 36.3 Å². The van der Waals surface area contributed by atoms with Crippen LogP contribution in [0.2, 0.25) is 10.0 Å². The first-order valence-electron chi connectivity index (χ1n) is 6.33. The molecule has 1 amide bonds. The Labute approximate surface area is 137 Å². The molecule has 21 heavy (non-hydrogen) atoms. The molecule has 1 aromatic heterocycles. The second-order valence-corrected chi connectivity index (χ2v) is 7.43. The van der Waals surface area contributed by atoms with E-state index in [-0.39, 0.29) is 17.7 Å². The lowest BCUT2D eigenvalue weighted by Crippen LogP contribution is -2.14. The van der Waals surface area contributed by atoms with Crippen LogP contribution in [0.4, 0.5) is 5.13 Å². The quantitative estimate of drug-likeness (QED) is 0.902. The largest absolute Gasteiger partial charge is 0.300 e. The van der Waals surface area contributed by atoms with Crippen LogP contribution in [-0.2, 0) is 16.6 Å². The summed E-state index contributed by atoms with van der Waals surface area (Å²) in [6.45, 7) is 6.15. The molecular weight excluding hydrogens is 329 g/mol. The number of anilines is 1. The first-order valence-corrected chi connectivity index (χ1v) is 7.91. The first kappa shape index (κ1) is 16.2. The summed E-state index contributed by atoms with van der Waals surface area (Å²) in [6.07, 6.45) is 0.210. The molecule has 0 saturated carbocycles. The van der Waals surface area contributed by atoms with Gasteiger partial charge in [-0.3, -0.25) is 4.79 Å². The molecule has 2 aromatic rings. The van der Waals surface area contributed by atoms with Crippen LogP contribution in [-0.4, -0.2) is 16.1 Å². The Morgan fingerprint density at radius 1 is 1.24 bits per heavy atom. The van der Waals surface area contributed by atoms with Crippen LogP contribution in [0, 0.1) is 0 Å². The van der Waals surface area contributed by atoms with Crippen molar-refractivity contribution in [1.29, 1.82) is 0 Å². The zero-order valence-corrected chi connectivity index (χ0v) is 14.2. The third-order valence-electron chi connectivity index (χ3n) is 2.66. The number of rotatable bonds is 3. The van der Waals surface area contributed by atoms with Gasteiger partial charge in [0.2, 0.25) is 11.0 Å². The van der Waals surface area contributed by atoms with Crippen LogP contribution in [0.1, 0.15) is 31.3 Å². The average Bonchev–Trinajstić information content (AvgIpc) is 2.82. The highest BCUT2D eigenvalue weighted by Gasteiger charge is 2.20. The lowest BCUT2D eigenvalue weighted by Gasteiger charge is -2.12. The molecule has 2 rings (SSSR count). The zero-order chi connectivity index (χ0) is 15.6. The zero-order valence-electron chi connectivity index (χ0n) is 11.9. The summed E-state index contributed by atoms with van der Waals surface area (Å²) in [5, 5.41) is 13.1. The van der Waals surface area contributed by atoms with E-state index >= 15 is 0 Å². The van der Waals surface area contributed by atoms with Crippen LogP contribution in [0.15, 0.2) is 18.2 Å². The Morgan fingerprint density at radius 3 is 2.52 bits per heavy atom. The second kappa shape index (κ2) is 6.30. The number of hydrogen-bond acceptors (Lipinski definition) is 4. The van der Waals surface area contributed by atoms with Gasteiger partial charge in [0.25, 0.3) is 0 Å². The van der Waals surface area contributed by atoms with E-state index in [0.717, 1.165) is 10.6 Å². The summed E-state index contributed by atoms with van der Waals surface area (Å²) >= 11 is 13.2. The van der Waals surface area contributed by atoms with Gasteiger partial charge in [-0.05, 0) is 17.7 Å². The molecular formula is C14H15Cl2N3OS. The van der Waals surface area contributed by atoms with Crippen molar-refractivity contribution in [3.8, 4) is 0 Å². The Balaban J connectivity index is 2.01. The summed E-state index contributed by atoms with van der Waals surface area (Å²) < 4.78 is 0. The maximum Gasteiger partial charge on any atom is 0.230 e. The van der Waals surface area contributed by atoms with Crippen LogP contribution >= 0.6 is 34.5 Å². The number of amides is 1. The van der Waals surface area contributed by atoms with Crippen molar-refractivity contribution in [2.45, 2.75) is 32.6 Å². The molecule has 0 radical (unpaired) electrons. The van der Waals surface area contributed by atoms with Crippen molar-refractivity contribution < 1.29 is 4.79 Å². The lowest BCUT2D eigenvalue weighted by molar-refractivity contribution is -0.115. The molecule has 0 atom stereocenters. The summed E-state index contributed by atoms with van der Waals surface area (Å²) in [6, 6.07) is 5.13. The molecule has 0 spiro atoms. The number of hydrogen-bond donors (Lipinski definition) is 1. The molecule has 0 aliphatic rings. The molecule has 0 saturated heterocycles. The third kappa shape index (κ3) is 4.40. The van der Waals surface area contributed by atoms with Crippen LogP contribution < -0.4 is 5.32 Å². The number of benzene rings is 1. The van der Waals surface area contributed by atoms with Crippen molar-refractivity contribution in [3.05, 3.63) is 38.8 Å². The summed E-state index contributed by atoms with van der Waals surface area (Å²) in [4.78, 5) is 12.0. The van der Waals surface area contributed by atoms with E-state index in [4.69, 9.17) is 23.2 Å². The fraction of sp³-hybridized carbons (Fsp3) is 0.357. The van der Waals surface area contributed by atoms with Crippen LogP contribution in [0.25, 0.3) is 0 Å². The molecule has 0 aliphatic heterocycles. The van der Waals surface area contributed by atoms with Crippen molar-refractivity contribution in [1.82, 2.24) is 10.2 Å². The van der Waals surface area contributed by atoms with Gasteiger partial charge in [0.1, 0.15) is 5.01 Å². The van der Waals surface area contributed by atoms with E-state index in [1.54, 1.807) is 18.2 Å². The lowest BCUT2D eigenvalue weighted by atomic mass is 9.98. The van der Waals surface area contributed by atoms with Gasteiger partial charge in [-0.1, -0.05) is 61.4 Å². The van der Waals surface area contributed by atoms with Crippen molar-refractivity contribution in [2.75, 3.05) is 5.32 Å². The molecule has 1 aromatic carbocycles. The predicted octanol–water partition coefficient (Wildman–Crippen LogP) is 4.32. The van der Waals surface area contributed by atoms with Crippen molar-refractivity contribution >= 4 is 45.6 Å². The number of aromatic nitrogens is 2. The Hall–Kier alpha value is -1.17. The highest BCUT2D eigenvalue weighted by molar-refractivity contribution is 7.15. The first-order chi connectivity index (χ1) is 9.75. The van der Waals surface area contributed by atoms with Gasteiger partial charge in [0.05, 0.1) is 16.5 Å². The smallest absolute Gasteiger partial charge is 0.230 e. The SMILES string of the molecule is CC(C)(C)c1nnc(NC(=O)Cc2ccc(Cl)c(Cl)c2)s1. The molecule has 0 unspecified atom stereocenters. The standard InChI is InChI=1S/C14H15Cl2N3OS/c1-14(2,3)12-18-19-13(21-12)17-11(20)7-8-4-5-9(15)10(16)6-8/h4-6H,7H2,1-3H3,(H,17,19,20).